The Labute approximate surface area is 127 Å². The number of hydrogen-bond donors (Lipinski definition) is 1. The summed E-state index contributed by atoms with van der Waals surface area (Å²) in [6.45, 7) is 4.17. The van der Waals surface area contributed by atoms with E-state index in [0.717, 1.165) is 23.2 Å². The maximum atomic E-state index is 12.4. The van der Waals surface area contributed by atoms with E-state index in [1.165, 1.54) is 43.7 Å². The lowest BCUT2D eigenvalue weighted by atomic mass is 10.1. The monoisotopic (exact) mass is 309 g/mol. The molecule has 0 radical (unpaired) electrons. The van der Waals surface area contributed by atoms with E-state index in [9.17, 15) is 4.79 Å². The van der Waals surface area contributed by atoms with Crippen molar-refractivity contribution in [2.75, 3.05) is 19.6 Å². The lowest BCUT2D eigenvalue weighted by molar-refractivity contribution is 0.222. The summed E-state index contributed by atoms with van der Waals surface area (Å²) in [5, 5.41) is 1.93. The van der Waals surface area contributed by atoms with Crippen LogP contribution in [0.1, 0.15) is 25.7 Å². The Bertz CT molecular complexity index is 694. The van der Waals surface area contributed by atoms with Crippen LogP contribution >= 0.6 is 23.6 Å². The van der Waals surface area contributed by atoms with Crippen LogP contribution in [0.4, 0.5) is 0 Å². The highest BCUT2D eigenvalue weighted by molar-refractivity contribution is 7.71. The summed E-state index contributed by atoms with van der Waals surface area (Å²) in [6.07, 6.45) is 4.95. The molecule has 4 nitrogen and oxygen atoms in total. The van der Waals surface area contributed by atoms with Gasteiger partial charge in [-0.2, -0.15) is 0 Å². The van der Waals surface area contributed by atoms with Gasteiger partial charge in [0, 0.05) is 6.54 Å². The Morgan fingerprint density at radius 2 is 2.05 bits per heavy atom. The molecule has 0 unspecified atom stereocenters. The zero-order valence-corrected chi connectivity index (χ0v) is 13.1. The van der Waals surface area contributed by atoms with Crippen molar-refractivity contribution in [3.05, 3.63) is 26.6 Å². The number of nitrogens with zero attached hydrogens (tertiary/aromatic N) is 2. The molecule has 1 aliphatic rings. The largest absolute Gasteiger partial charge is 0.331 e. The Hall–Kier alpha value is -0.980. The normalized spacial score (nSPS) is 16.8. The Kier molecular flexibility index (Phi) is 4.33. The minimum Gasteiger partial charge on any atom is -0.331 e. The van der Waals surface area contributed by atoms with Gasteiger partial charge in [0.05, 0.1) is 5.52 Å². The summed E-state index contributed by atoms with van der Waals surface area (Å²) in [6, 6.07) is 1.91. The van der Waals surface area contributed by atoms with Gasteiger partial charge in [0.1, 0.15) is 4.70 Å². The van der Waals surface area contributed by atoms with Crippen molar-refractivity contribution in [3.8, 4) is 0 Å². The van der Waals surface area contributed by atoms with Gasteiger partial charge in [-0.1, -0.05) is 6.42 Å². The molecule has 0 bridgehead atoms. The molecule has 3 rings (SSSR count). The van der Waals surface area contributed by atoms with Crippen molar-refractivity contribution < 1.29 is 0 Å². The molecule has 0 spiro atoms. The molecular weight excluding hydrogens is 290 g/mol. The average Bonchev–Trinajstić information content (AvgIpc) is 2.92. The van der Waals surface area contributed by atoms with Gasteiger partial charge in [0.15, 0.2) is 4.77 Å². The van der Waals surface area contributed by atoms with Gasteiger partial charge in [-0.25, -0.2) is 0 Å². The zero-order chi connectivity index (χ0) is 13.9. The third kappa shape index (κ3) is 2.87. The number of aromatic amines is 1. The van der Waals surface area contributed by atoms with Crippen LogP contribution in [0.15, 0.2) is 16.2 Å². The number of piperidine rings is 1. The fourth-order valence-corrected chi connectivity index (χ4v) is 3.89. The van der Waals surface area contributed by atoms with Crippen LogP contribution in [-0.2, 0) is 6.54 Å². The summed E-state index contributed by atoms with van der Waals surface area (Å²) in [4.78, 5) is 18.0. The van der Waals surface area contributed by atoms with Crippen molar-refractivity contribution in [2.24, 2.45) is 0 Å². The smallest absolute Gasteiger partial charge is 0.272 e. The first-order valence-corrected chi connectivity index (χ1v) is 8.47. The third-order valence-corrected chi connectivity index (χ3v) is 5.12. The number of hydrogen-bond acceptors (Lipinski definition) is 4. The minimum absolute atomic E-state index is 0.0531. The lowest BCUT2D eigenvalue weighted by Crippen LogP contribution is -2.32. The van der Waals surface area contributed by atoms with E-state index in [0.29, 0.717) is 11.3 Å². The summed E-state index contributed by atoms with van der Waals surface area (Å²) in [5.41, 5.74) is 0.912. The predicted molar refractivity (Wildman–Crippen MR) is 86.2 cm³/mol. The van der Waals surface area contributed by atoms with Gasteiger partial charge in [0.2, 0.25) is 0 Å². The van der Waals surface area contributed by atoms with E-state index in [4.69, 9.17) is 12.2 Å². The van der Waals surface area contributed by atoms with Crippen molar-refractivity contribution in [1.82, 2.24) is 14.5 Å². The number of H-pyrrole nitrogens is 1. The highest BCUT2D eigenvalue weighted by atomic mass is 32.1. The molecule has 1 fully saturated rings. The van der Waals surface area contributed by atoms with E-state index in [1.54, 1.807) is 4.57 Å². The number of thiophene rings is 1. The first-order chi connectivity index (χ1) is 9.75. The molecule has 1 N–H and O–H groups in total. The van der Waals surface area contributed by atoms with Crippen molar-refractivity contribution in [3.63, 3.8) is 0 Å². The zero-order valence-electron chi connectivity index (χ0n) is 11.4. The third-order valence-electron chi connectivity index (χ3n) is 3.90. The van der Waals surface area contributed by atoms with Gasteiger partial charge >= 0.3 is 0 Å². The SMILES string of the molecule is O=c1c2sccc2[nH]c(=S)n1CCCN1CCCCC1. The molecule has 0 amide bonds. The van der Waals surface area contributed by atoms with Crippen LogP contribution in [0.3, 0.4) is 0 Å². The second kappa shape index (κ2) is 6.20. The lowest BCUT2D eigenvalue weighted by Gasteiger charge is -2.26. The molecular formula is C14H19N3OS2. The molecule has 1 aliphatic heterocycles. The van der Waals surface area contributed by atoms with Crippen molar-refractivity contribution in [2.45, 2.75) is 32.2 Å². The first-order valence-electron chi connectivity index (χ1n) is 7.18. The molecule has 2 aromatic rings. The molecule has 0 saturated carbocycles. The highest BCUT2D eigenvalue weighted by Crippen LogP contribution is 2.14. The molecule has 0 aromatic carbocycles. The molecule has 0 atom stereocenters. The predicted octanol–water partition coefficient (Wildman–Crippen LogP) is 3.00. The van der Waals surface area contributed by atoms with Crippen LogP contribution in [0.5, 0.6) is 0 Å². The topological polar surface area (TPSA) is 41.0 Å². The highest BCUT2D eigenvalue weighted by Gasteiger charge is 2.10. The Balaban J connectivity index is 1.70. The molecule has 0 aliphatic carbocycles. The fourth-order valence-electron chi connectivity index (χ4n) is 2.81. The second-order valence-electron chi connectivity index (χ2n) is 5.31. The van der Waals surface area contributed by atoms with Crippen LogP contribution < -0.4 is 5.56 Å². The molecule has 1 saturated heterocycles. The summed E-state index contributed by atoms with van der Waals surface area (Å²) in [5.74, 6) is 0. The molecule has 3 heterocycles. The maximum Gasteiger partial charge on any atom is 0.272 e. The van der Waals surface area contributed by atoms with Gasteiger partial charge in [-0.05, 0) is 62.6 Å². The van der Waals surface area contributed by atoms with Gasteiger partial charge < -0.3 is 9.88 Å². The van der Waals surface area contributed by atoms with Crippen LogP contribution in [0.2, 0.25) is 0 Å². The van der Waals surface area contributed by atoms with Gasteiger partial charge in [-0.3, -0.25) is 9.36 Å². The van der Waals surface area contributed by atoms with Gasteiger partial charge in [-0.15, -0.1) is 11.3 Å². The summed E-state index contributed by atoms with van der Waals surface area (Å²) >= 11 is 6.78. The number of nitrogens with one attached hydrogen (secondary N) is 1. The van der Waals surface area contributed by atoms with Crippen molar-refractivity contribution in [1.29, 1.82) is 0 Å². The van der Waals surface area contributed by atoms with Crippen molar-refractivity contribution >= 4 is 33.8 Å². The van der Waals surface area contributed by atoms with Gasteiger partial charge in [0.25, 0.3) is 5.56 Å². The standard InChI is InChI=1S/C14H19N3OS2/c18-13-12-11(5-10-20-12)15-14(19)17(13)9-4-8-16-6-2-1-3-7-16/h5,10H,1-4,6-9H2,(H,15,19). The fraction of sp³-hybridized carbons (Fsp3) is 0.571. The van der Waals surface area contributed by atoms with E-state index in [2.05, 4.69) is 9.88 Å². The van der Waals surface area contributed by atoms with Crippen LogP contribution in [0.25, 0.3) is 10.2 Å². The minimum atomic E-state index is 0.0531. The molecule has 20 heavy (non-hydrogen) atoms. The number of rotatable bonds is 4. The molecule has 108 valence electrons. The Morgan fingerprint density at radius 3 is 2.85 bits per heavy atom. The molecule has 2 aromatic heterocycles. The van der Waals surface area contributed by atoms with E-state index in [1.807, 2.05) is 11.4 Å². The van der Waals surface area contributed by atoms with E-state index < -0.39 is 0 Å². The Morgan fingerprint density at radius 1 is 1.25 bits per heavy atom. The first kappa shape index (κ1) is 14.0. The average molecular weight is 309 g/mol. The quantitative estimate of drug-likeness (QED) is 0.883. The summed E-state index contributed by atoms with van der Waals surface area (Å²) < 4.78 is 3.02. The number of aromatic nitrogens is 2. The van der Waals surface area contributed by atoms with E-state index >= 15 is 0 Å². The maximum absolute atomic E-state index is 12.4. The summed E-state index contributed by atoms with van der Waals surface area (Å²) in [7, 11) is 0. The van der Waals surface area contributed by atoms with Crippen LogP contribution in [-0.4, -0.2) is 34.1 Å². The van der Waals surface area contributed by atoms with Crippen LogP contribution in [0, 0.1) is 4.77 Å². The number of likely N-dealkylation sites (tertiary alicyclic amines) is 1. The molecule has 6 heteroatoms. The number of fused-ring (bicyclic) bond motifs is 1. The second-order valence-corrected chi connectivity index (χ2v) is 6.61. The van der Waals surface area contributed by atoms with E-state index in [-0.39, 0.29) is 5.56 Å².